The average molecular weight is 367 g/mol. The fraction of sp³-hybridized carbons (Fsp3) is 0.125. The molecule has 1 aromatic carbocycles. The van der Waals surface area contributed by atoms with Crippen molar-refractivity contribution in [1.29, 1.82) is 0 Å². The zero-order valence-electron chi connectivity index (χ0n) is 12.3. The molecule has 0 aliphatic rings. The van der Waals surface area contributed by atoms with E-state index in [1.54, 1.807) is 24.3 Å². The largest absolute Gasteiger partial charge is 0.361 e. The third kappa shape index (κ3) is 3.13. The van der Waals surface area contributed by atoms with Crippen LogP contribution in [0.5, 0.6) is 0 Å². The van der Waals surface area contributed by atoms with E-state index in [-0.39, 0.29) is 5.91 Å². The van der Waals surface area contributed by atoms with Gasteiger partial charge in [0.05, 0.1) is 31.9 Å². The third-order valence-corrected chi connectivity index (χ3v) is 5.04. The van der Waals surface area contributed by atoms with Crippen LogP contribution in [0.1, 0.15) is 21.1 Å². The molecule has 0 saturated carbocycles. The van der Waals surface area contributed by atoms with Gasteiger partial charge in [-0.3, -0.25) is 4.79 Å². The van der Waals surface area contributed by atoms with E-state index in [0.29, 0.717) is 20.6 Å². The van der Waals surface area contributed by atoms with E-state index >= 15 is 0 Å². The maximum atomic E-state index is 12.4. The Morgan fingerprint density at radius 1 is 1.17 bits per heavy atom. The molecule has 23 heavy (non-hydrogen) atoms. The highest BCUT2D eigenvalue weighted by Gasteiger charge is 2.17. The number of nitrogens with zero attached hydrogens (tertiary/aromatic N) is 1. The Morgan fingerprint density at radius 2 is 1.87 bits per heavy atom. The second kappa shape index (κ2) is 6.35. The van der Waals surface area contributed by atoms with Crippen molar-refractivity contribution in [2.75, 3.05) is 5.32 Å². The van der Waals surface area contributed by atoms with E-state index in [0.717, 1.165) is 21.9 Å². The Labute approximate surface area is 147 Å². The number of hydrogen-bond donors (Lipinski definition) is 1. The van der Waals surface area contributed by atoms with E-state index in [1.807, 2.05) is 19.9 Å². The molecule has 0 spiro atoms. The summed E-state index contributed by atoms with van der Waals surface area (Å²) in [4.78, 5) is 13.9. The minimum atomic E-state index is -0.261. The summed E-state index contributed by atoms with van der Waals surface area (Å²) in [6, 6.07) is 8.70. The number of nitrogens with one attached hydrogen (secondary N) is 1. The van der Waals surface area contributed by atoms with Gasteiger partial charge in [0.1, 0.15) is 5.76 Å². The molecule has 1 amide bonds. The first-order valence-electron chi connectivity index (χ1n) is 6.76. The van der Waals surface area contributed by atoms with Crippen molar-refractivity contribution < 1.29 is 9.32 Å². The number of rotatable bonds is 3. The van der Waals surface area contributed by atoms with Crippen LogP contribution in [0.15, 0.2) is 34.9 Å². The van der Waals surface area contributed by atoms with E-state index in [9.17, 15) is 4.79 Å². The first-order valence-corrected chi connectivity index (χ1v) is 8.33. The van der Waals surface area contributed by atoms with Crippen LogP contribution in [0.3, 0.4) is 0 Å². The van der Waals surface area contributed by atoms with Gasteiger partial charge in [-0.05, 0) is 38.1 Å². The van der Waals surface area contributed by atoms with Crippen molar-refractivity contribution in [1.82, 2.24) is 5.16 Å². The summed E-state index contributed by atoms with van der Waals surface area (Å²) < 4.78 is 5.17. The lowest BCUT2D eigenvalue weighted by atomic mass is 10.2. The number of carbonyl (C=O) groups excluding carboxylic acids is 1. The number of aryl methyl sites for hydroxylation is 2. The average Bonchev–Trinajstić information content (AvgIpc) is 3.10. The van der Waals surface area contributed by atoms with Gasteiger partial charge in [-0.25, -0.2) is 0 Å². The van der Waals surface area contributed by atoms with Gasteiger partial charge < -0.3 is 9.84 Å². The molecule has 0 unspecified atom stereocenters. The van der Waals surface area contributed by atoms with Gasteiger partial charge in [0.25, 0.3) is 5.91 Å². The molecule has 0 radical (unpaired) electrons. The molecule has 2 aromatic heterocycles. The van der Waals surface area contributed by atoms with Crippen LogP contribution in [-0.2, 0) is 0 Å². The predicted molar refractivity (Wildman–Crippen MR) is 93.7 cm³/mol. The van der Waals surface area contributed by atoms with Crippen molar-refractivity contribution in [2.45, 2.75) is 13.8 Å². The molecule has 7 heteroatoms. The fourth-order valence-corrected chi connectivity index (χ4v) is 3.76. The normalized spacial score (nSPS) is 10.8. The maximum absolute atomic E-state index is 12.4. The first-order chi connectivity index (χ1) is 11.0. The number of halogens is 2. The smallest absolute Gasteiger partial charge is 0.265 e. The highest BCUT2D eigenvalue weighted by atomic mass is 35.5. The maximum Gasteiger partial charge on any atom is 0.265 e. The molecule has 0 aliphatic carbocycles. The number of thiophene rings is 1. The zero-order valence-corrected chi connectivity index (χ0v) is 14.6. The summed E-state index contributed by atoms with van der Waals surface area (Å²) in [6.07, 6.45) is 0. The van der Waals surface area contributed by atoms with Gasteiger partial charge in [-0.15, -0.1) is 11.3 Å². The van der Waals surface area contributed by atoms with Gasteiger partial charge in [0.2, 0.25) is 0 Å². The minimum Gasteiger partial charge on any atom is -0.361 e. The van der Waals surface area contributed by atoms with Crippen molar-refractivity contribution in [3.8, 4) is 10.4 Å². The Morgan fingerprint density at radius 3 is 2.48 bits per heavy atom. The second-order valence-electron chi connectivity index (χ2n) is 4.91. The molecule has 118 valence electrons. The van der Waals surface area contributed by atoms with E-state index in [4.69, 9.17) is 27.7 Å². The first kappa shape index (κ1) is 16.1. The summed E-state index contributed by atoms with van der Waals surface area (Å²) in [6.45, 7) is 3.72. The number of benzene rings is 1. The molecule has 4 nitrogen and oxygen atoms in total. The molecule has 0 aliphatic heterocycles. The number of carbonyl (C=O) groups is 1. The van der Waals surface area contributed by atoms with Crippen LogP contribution in [0.25, 0.3) is 10.4 Å². The Balaban J connectivity index is 1.88. The fourth-order valence-electron chi connectivity index (χ4n) is 2.22. The van der Waals surface area contributed by atoms with Crippen molar-refractivity contribution in [3.63, 3.8) is 0 Å². The summed E-state index contributed by atoms with van der Waals surface area (Å²) in [7, 11) is 0. The Hall–Kier alpha value is -1.82. The summed E-state index contributed by atoms with van der Waals surface area (Å²) in [5.74, 6) is 0.466. The lowest BCUT2D eigenvalue weighted by Crippen LogP contribution is -2.10. The van der Waals surface area contributed by atoms with Crippen molar-refractivity contribution in [2.24, 2.45) is 0 Å². The number of para-hydroxylation sites is 1. The van der Waals surface area contributed by atoms with E-state index in [1.165, 1.54) is 11.3 Å². The lowest BCUT2D eigenvalue weighted by Gasteiger charge is -2.07. The molecule has 3 rings (SSSR count). The molecule has 0 fully saturated rings. The number of hydrogen-bond acceptors (Lipinski definition) is 4. The van der Waals surface area contributed by atoms with E-state index in [2.05, 4.69) is 10.5 Å². The van der Waals surface area contributed by atoms with Gasteiger partial charge >= 0.3 is 0 Å². The number of anilines is 1. The SMILES string of the molecule is Cc1noc(C)c1-c1ccc(C(=O)Nc2c(Cl)cccc2Cl)s1. The highest BCUT2D eigenvalue weighted by molar-refractivity contribution is 7.17. The van der Waals surface area contributed by atoms with Crippen LogP contribution < -0.4 is 5.32 Å². The van der Waals surface area contributed by atoms with Crippen molar-refractivity contribution >= 4 is 46.1 Å². The molecule has 3 aromatic rings. The van der Waals surface area contributed by atoms with Gasteiger partial charge in [0.15, 0.2) is 0 Å². The molecule has 0 bridgehead atoms. The van der Waals surface area contributed by atoms with Crippen LogP contribution in [0.4, 0.5) is 5.69 Å². The number of amides is 1. The highest BCUT2D eigenvalue weighted by Crippen LogP contribution is 2.34. The quantitative estimate of drug-likeness (QED) is 0.658. The Bertz CT molecular complexity index is 846. The standard InChI is InChI=1S/C16H12Cl2N2O2S/c1-8-14(9(2)22-20-8)12-6-7-13(23-12)16(21)19-15-10(17)4-3-5-11(15)18/h3-7H,1-2H3,(H,19,21). The minimum absolute atomic E-state index is 0.261. The summed E-state index contributed by atoms with van der Waals surface area (Å²) in [5.41, 5.74) is 2.13. The Kier molecular flexibility index (Phi) is 4.43. The second-order valence-corrected chi connectivity index (χ2v) is 6.81. The predicted octanol–water partition coefficient (Wildman–Crippen LogP) is 5.58. The van der Waals surface area contributed by atoms with Crippen LogP contribution in [-0.4, -0.2) is 11.1 Å². The zero-order chi connectivity index (χ0) is 16.6. The lowest BCUT2D eigenvalue weighted by molar-refractivity contribution is 0.103. The van der Waals surface area contributed by atoms with Gasteiger partial charge in [0, 0.05) is 4.88 Å². The van der Waals surface area contributed by atoms with Crippen LogP contribution in [0.2, 0.25) is 10.0 Å². The van der Waals surface area contributed by atoms with Crippen molar-refractivity contribution in [3.05, 3.63) is 56.7 Å². The van der Waals surface area contributed by atoms with Gasteiger partial charge in [-0.2, -0.15) is 0 Å². The molecule has 0 atom stereocenters. The topological polar surface area (TPSA) is 55.1 Å². The number of aromatic nitrogens is 1. The van der Waals surface area contributed by atoms with Crippen LogP contribution >= 0.6 is 34.5 Å². The summed E-state index contributed by atoms with van der Waals surface area (Å²) >= 11 is 13.5. The monoisotopic (exact) mass is 366 g/mol. The molecular formula is C16H12Cl2N2O2S. The molecule has 1 N–H and O–H groups in total. The third-order valence-electron chi connectivity index (χ3n) is 3.31. The molecular weight excluding hydrogens is 355 g/mol. The van der Waals surface area contributed by atoms with Gasteiger partial charge in [-0.1, -0.05) is 34.4 Å². The van der Waals surface area contributed by atoms with E-state index < -0.39 is 0 Å². The molecule has 0 saturated heterocycles. The van der Waals surface area contributed by atoms with Crippen LogP contribution in [0, 0.1) is 13.8 Å². The summed E-state index contributed by atoms with van der Waals surface area (Å²) in [5, 5.41) is 7.48. The molecule has 2 heterocycles.